The first-order chi connectivity index (χ1) is 12.4. The Morgan fingerprint density at radius 2 is 1.77 bits per heavy atom. The Morgan fingerprint density at radius 3 is 2.50 bits per heavy atom. The lowest BCUT2D eigenvalue weighted by Crippen LogP contribution is -2.24. The summed E-state index contributed by atoms with van der Waals surface area (Å²) in [5, 5.41) is 0.778. The molecule has 0 bridgehead atoms. The predicted molar refractivity (Wildman–Crippen MR) is 107 cm³/mol. The maximum Gasteiger partial charge on any atom is 0.216 e. The molecular formula is C20H22N2O2S2. The molecule has 0 aliphatic rings. The normalized spacial score (nSPS) is 11.6. The topological polar surface area (TPSA) is 59.1 Å². The van der Waals surface area contributed by atoms with E-state index in [0.717, 1.165) is 27.4 Å². The second kappa shape index (κ2) is 8.12. The molecule has 0 radical (unpaired) electrons. The fourth-order valence-corrected chi connectivity index (χ4v) is 4.80. The maximum absolute atomic E-state index is 12.3. The van der Waals surface area contributed by atoms with Crippen molar-refractivity contribution in [2.45, 2.75) is 32.6 Å². The van der Waals surface area contributed by atoms with E-state index < -0.39 is 10.0 Å². The van der Waals surface area contributed by atoms with Crippen molar-refractivity contribution < 1.29 is 8.42 Å². The molecule has 26 heavy (non-hydrogen) atoms. The molecule has 0 atom stereocenters. The summed E-state index contributed by atoms with van der Waals surface area (Å²) in [5.41, 5.74) is 4.26. The molecule has 2 aromatic carbocycles. The van der Waals surface area contributed by atoms with Gasteiger partial charge in [-0.2, -0.15) is 0 Å². The number of nitrogens with zero attached hydrogens (tertiary/aromatic N) is 1. The van der Waals surface area contributed by atoms with Crippen molar-refractivity contribution in [3.05, 3.63) is 86.9 Å². The smallest absolute Gasteiger partial charge is 0.216 e. The van der Waals surface area contributed by atoms with Gasteiger partial charge >= 0.3 is 0 Å². The van der Waals surface area contributed by atoms with Gasteiger partial charge in [-0.05, 0) is 30.5 Å². The van der Waals surface area contributed by atoms with Gasteiger partial charge in [0.1, 0.15) is 5.01 Å². The minimum absolute atomic E-state index is 0.0126. The minimum atomic E-state index is -3.39. The van der Waals surface area contributed by atoms with Crippen molar-refractivity contribution in [1.29, 1.82) is 0 Å². The van der Waals surface area contributed by atoms with Crippen molar-refractivity contribution in [2.75, 3.05) is 0 Å². The highest BCUT2D eigenvalue weighted by atomic mass is 32.2. The molecule has 0 saturated carbocycles. The van der Waals surface area contributed by atoms with Crippen molar-refractivity contribution >= 4 is 21.4 Å². The van der Waals surface area contributed by atoms with Crippen LogP contribution in [-0.2, 0) is 28.7 Å². The van der Waals surface area contributed by atoms with Gasteiger partial charge in [0.25, 0.3) is 0 Å². The second-order valence-corrected chi connectivity index (χ2v) is 9.40. The fraction of sp³-hybridized carbons (Fsp3) is 0.250. The molecular weight excluding hydrogens is 364 g/mol. The number of sulfonamides is 1. The van der Waals surface area contributed by atoms with E-state index in [1.54, 1.807) is 11.3 Å². The number of aromatic nitrogens is 1. The standard InChI is InChI=1S/C20H22N2O2S2/c1-15-7-9-17(10-8-15)11-19-12-21-20(25-19)13-22-26(23,24)14-18-6-4-3-5-16(18)2/h3-10,12,22H,11,13-14H2,1-2H3. The van der Waals surface area contributed by atoms with E-state index in [9.17, 15) is 8.42 Å². The van der Waals surface area contributed by atoms with Crippen molar-refractivity contribution in [2.24, 2.45) is 0 Å². The Kier molecular flexibility index (Phi) is 5.86. The number of benzene rings is 2. The summed E-state index contributed by atoms with van der Waals surface area (Å²) in [6, 6.07) is 15.9. The van der Waals surface area contributed by atoms with Crippen LogP contribution in [0.5, 0.6) is 0 Å². The summed E-state index contributed by atoms with van der Waals surface area (Å²) in [7, 11) is -3.39. The largest absolute Gasteiger partial charge is 0.248 e. The first-order valence-electron chi connectivity index (χ1n) is 8.42. The molecule has 0 saturated heterocycles. The van der Waals surface area contributed by atoms with Crippen LogP contribution in [0.3, 0.4) is 0 Å². The Hall–Kier alpha value is -2.02. The Bertz CT molecular complexity index is 977. The van der Waals surface area contributed by atoms with Crippen LogP contribution in [0.1, 0.15) is 32.1 Å². The van der Waals surface area contributed by atoms with Gasteiger partial charge in [-0.15, -0.1) is 11.3 Å². The zero-order valence-electron chi connectivity index (χ0n) is 14.9. The third kappa shape index (κ3) is 5.24. The zero-order valence-corrected chi connectivity index (χ0v) is 16.5. The van der Waals surface area contributed by atoms with Crippen LogP contribution in [0, 0.1) is 13.8 Å². The molecule has 3 aromatic rings. The molecule has 3 rings (SSSR count). The summed E-state index contributed by atoms with van der Waals surface area (Å²) >= 11 is 1.54. The number of nitrogens with one attached hydrogen (secondary N) is 1. The molecule has 0 unspecified atom stereocenters. The van der Waals surface area contributed by atoms with Gasteiger partial charge in [0.2, 0.25) is 10.0 Å². The predicted octanol–water partition coefficient (Wildman–Crippen LogP) is 3.97. The number of hydrogen-bond donors (Lipinski definition) is 1. The summed E-state index contributed by atoms with van der Waals surface area (Å²) in [5.74, 6) is -0.0126. The summed E-state index contributed by atoms with van der Waals surface area (Å²) < 4.78 is 27.3. The number of aryl methyl sites for hydroxylation is 2. The Morgan fingerprint density at radius 1 is 1.04 bits per heavy atom. The van der Waals surface area contributed by atoms with E-state index in [1.807, 2.05) is 37.4 Å². The van der Waals surface area contributed by atoms with Crippen LogP contribution in [0.4, 0.5) is 0 Å². The lowest BCUT2D eigenvalue weighted by atomic mass is 10.1. The molecule has 6 heteroatoms. The molecule has 136 valence electrons. The summed E-state index contributed by atoms with van der Waals surface area (Å²) in [6.45, 7) is 4.22. The van der Waals surface area contributed by atoms with E-state index in [2.05, 4.69) is 40.9 Å². The number of thiazole rings is 1. The van der Waals surface area contributed by atoms with Gasteiger partial charge in [-0.1, -0.05) is 54.1 Å². The second-order valence-electron chi connectivity index (χ2n) is 6.39. The lowest BCUT2D eigenvalue weighted by molar-refractivity contribution is 0.580. The highest BCUT2D eigenvalue weighted by Gasteiger charge is 2.14. The van der Waals surface area contributed by atoms with E-state index >= 15 is 0 Å². The van der Waals surface area contributed by atoms with Gasteiger partial charge in [0.05, 0.1) is 12.3 Å². The molecule has 1 aromatic heterocycles. The molecule has 0 aliphatic heterocycles. The number of hydrogen-bond acceptors (Lipinski definition) is 4. The van der Waals surface area contributed by atoms with Crippen LogP contribution < -0.4 is 4.72 Å². The molecule has 0 fully saturated rings. The fourth-order valence-electron chi connectivity index (χ4n) is 2.62. The van der Waals surface area contributed by atoms with Crippen LogP contribution in [0.25, 0.3) is 0 Å². The third-order valence-corrected chi connectivity index (χ3v) is 6.42. The maximum atomic E-state index is 12.3. The van der Waals surface area contributed by atoms with Crippen LogP contribution in [-0.4, -0.2) is 13.4 Å². The lowest BCUT2D eigenvalue weighted by Gasteiger charge is -2.07. The average Bonchev–Trinajstić information content (AvgIpc) is 3.05. The molecule has 1 heterocycles. The van der Waals surface area contributed by atoms with E-state index in [4.69, 9.17) is 0 Å². The van der Waals surface area contributed by atoms with Crippen LogP contribution >= 0.6 is 11.3 Å². The summed E-state index contributed by atoms with van der Waals surface area (Å²) in [4.78, 5) is 5.48. The molecule has 0 spiro atoms. The van der Waals surface area contributed by atoms with Crippen LogP contribution in [0.2, 0.25) is 0 Å². The molecule has 0 aliphatic carbocycles. The summed E-state index contributed by atoms with van der Waals surface area (Å²) in [6.07, 6.45) is 2.64. The Labute approximate surface area is 159 Å². The van der Waals surface area contributed by atoms with E-state index in [-0.39, 0.29) is 12.3 Å². The first kappa shape index (κ1) is 18.8. The third-order valence-electron chi connectivity index (χ3n) is 4.15. The van der Waals surface area contributed by atoms with Crippen molar-refractivity contribution in [3.63, 3.8) is 0 Å². The minimum Gasteiger partial charge on any atom is -0.248 e. The van der Waals surface area contributed by atoms with Crippen molar-refractivity contribution in [1.82, 2.24) is 9.71 Å². The van der Waals surface area contributed by atoms with Gasteiger partial charge in [0, 0.05) is 17.5 Å². The zero-order chi connectivity index (χ0) is 18.6. The van der Waals surface area contributed by atoms with Gasteiger partial charge in [-0.25, -0.2) is 18.1 Å². The monoisotopic (exact) mass is 386 g/mol. The quantitative estimate of drug-likeness (QED) is 0.668. The first-order valence-corrected chi connectivity index (χ1v) is 10.9. The van der Waals surface area contributed by atoms with E-state index in [1.165, 1.54) is 11.1 Å². The highest BCUT2D eigenvalue weighted by Crippen LogP contribution is 2.18. The highest BCUT2D eigenvalue weighted by molar-refractivity contribution is 7.88. The van der Waals surface area contributed by atoms with Crippen LogP contribution in [0.15, 0.2) is 54.7 Å². The van der Waals surface area contributed by atoms with E-state index in [0.29, 0.717) is 0 Å². The van der Waals surface area contributed by atoms with Gasteiger partial charge in [0.15, 0.2) is 0 Å². The molecule has 1 N–H and O–H groups in total. The Balaban J connectivity index is 1.58. The SMILES string of the molecule is Cc1ccc(Cc2cnc(CNS(=O)(=O)Cc3ccccc3C)s2)cc1. The molecule has 0 amide bonds. The van der Waals surface area contributed by atoms with Gasteiger partial charge in [-0.3, -0.25) is 0 Å². The molecule has 4 nitrogen and oxygen atoms in total. The van der Waals surface area contributed by atoms with Gasteiger partial charge < -0.3 is 0 Å². The number of rotatable bonds is 7. The average molecular weight is 387 g/mol. The van der Waals surface area contributed by atoms with Crippen molar-refractivity contribution in [3.8, 4) is 0 Å².